The van der Waals surface area contributed by atoms with E-state index in [9.17, 15) is 4.79 Å². The van der Waals surface area contributed by atoms with Gasteiger partial charge in [0.05, 0.1) is 17.1 Å². The van der Waals surface area contributed by atoms with Crippen LogP contribution in [0.25, 0.3) is 0 Å². The maximum atomic E-state index is 10.7. The van der Waals surface area contributed by atoms with Gasteiger partial charge in [0.1, 0.15) is 17.8 Å². The standard InChI is InChI=1S/C10H8ClN3O3/c11-8-3-6(10(15)16)4-12-9(8)13-5-7-1-2-17-14-7/h1-4H,5H2,(H,12,13)(H,15,16). The fraction of sp³-hybridized carbons (Fsp3) is 0.100. The molecule has 0 atom stereocenters. The summed E-state index contributed by atoms with van der Waals surface area (Å²) >= 11 is 5.88. The number of pyridine rings is 1. The van der Waals surface area contributed by atoms with Gasteiger partial charge in [0.25, 0.3) is 0 Å². The fourth-order valence-corrected chi connectivity index (χ4v) is 1.42. The topological polar surface area (TPSA) is 88.2 Å². The Bertz CT molecular complexity index is 528. The normalized spacial score (nSPS) is 10.2. The number of nitrogens with zero attached hydrogens (tertiary/aromatic N) is 2. The predicted octanol–water partition coefficient (Wildman–Crippen LogP) is 2.03. The maximum Gasteiger partial charge on any atom is 0.337 e. The highest BCUT2D eigenvalue weighted by atomic mass is 35.5. The van der Waals surface area contributed by atoms with E-state index in [-0.39, 0.29) is 10.6 Å². The smallest absolute Gasteiger partial charge is 0.337 e. The summed E-state index contributed by atoms with van der Waals surface area (Å²) in [6.45, 7) is 0.398. The largest absolute Gasteiger partial charge is 0.478 e. The van der Waals surface area contributed by atoms with Crippen molar-refractivity contribution < 1.29 is 14.4 Å². The number of carboxylic acids is 1. The zero-order chi connectivity index (χ0) is 12.3. The second kappa shape index (κ2) is 4.84. The molecule has 2 aromatic heterocycles. The van der Waals surface area contributed by atoms with E-state index in [4.69, 9.17) is 16.7 Å². The summed E-state index contributed by atoms with van der Waals surface area (Å²) in [6, 6.07) is 3.04. The van der Waals surface area contributed by atoms with E-state index in [0.717, 1.165) is 0 Å². The molecule has 2 aromatic rings. The van der Waals surface area contributed by atoms with Crippen LogP contribution >= 0.6 is 11.6 Å². The molecule has 0 aliphatic rings. The van der Waals surface area contributed by atoms with Crippen LogP contribution in [0, 0.1) is 0 Å². The highest BCUT2D eigenvalue weighted by Crippen LogP contribution is 2.20. The Hall–Kier alpha value is -2.08. The van der Waals surface area contributed by atoms with Gasteiger partial charge < -0.3 is 14.9 Å². The van der Waals surface area contributed by atoms with Crippen LogP contribution in [0.1, 0.15) is 16.1 Å². The Labute approximate surface area is 101 Å². The minimum absolute atomic E-state index is 0.0435. The van der Waals surface area contributed by atoms with Crippen molar-refractivity contribution in [1.82, 2.24) is 10.1 Å². The summed E-state index contributed by atoms with van der Waals surface area (Å²) < 4.78 is 4.66. The van der Waals surface area contributed by atoms with E-state index in [1.807, 2.05) is 0 Å². The van der Waals surface area contributed by atoms with E-state index in [1.165, 1.54) is 18.5 Å². The number of hydrogen-bond acceptors (Lipinski definition) is 5. The molecule has 0 aromatic carbocycles. The molecule has 0 aliphatic heterocycles. The zero-order valence-electron chi connectivity index (χ0n) is 8.55. The number of halogens is 1. The Kier molecular flexibility index (Phi) is 3.24. The molecule has 17 heavy (non-hydrogen) atoms. The summed E-state index contributed by atoms with van der Waals surface area (Å²) in [5, 5.41) is 15.6. The number of carbonyl (C=O) groups is 1. The van der Waals surface area contributed by atoms with Gasteiger partial charge in [-0.2, -0.15) is 0 Å². The zero-order valence-corrected chi connectivity index (χ0v) is 9.31. The molecule has 0 bridgehead atoms. The second-order valence-electron chi connectivity index (χ2n) is 3.20. The third-order valence-electron chi connectivity index (χ3n) is 2.02. The van der Waals surface area contributed by atoms with Gasteiger partial charge in [-0.05, 0) is 6.07 Å². The monoisotopic (exact) mass is 253 g/mol. The van der Waals surface area contributed by atoms with Crippen LogP contribution in [0.4, 0.5) is 5.82 Å². The average Bonchev–Trinajstić information content (AvgIpc) is 2.80. The van der Waals surface area contributed by atoms with E-state index in [1.54, 1.807) is 6.07 Å². The van der Waals surface area contributed by atoms with Gasteiger partial charge in [-0.1, -0.05) is 16.8 Å². The molecular formula is C10H8ClN3O3. The first-order valence-electron chi connectivity index (χ1n) is 4.69. The molecule has 7 heteroatoms. The minimum Gasteiger partial charge on any atom is -0.478 e. The van der Waals surface area contributed by atoms with E-state index >= 15 is 0 Å². The van der Waals surface area contributed by atoms with E-state index in [2.05, 4.69) is 20.0 Å². The molecule has 0 aliphatic carbocycles. The Morgan fingerprint density at radius 3 is 3.00 bits per heavy atom. The van der Waals surface area contributed by atoms with Gasteiger partial charge in [-0.25, -0.2) is 9.78 Å². The molecule has 0 amide bonds. The molecule has 0 unspecified atom stereocenters. The lowest BCUT2D eigenvalue weighted by Crippen LogP contribution is -2.04. The van der Waals surface area contributed by atoms with Crippen molar-refractivity contribution >= 4 is 23.4 Å². The SMILES string of the molecule is O=C(O)c1cnc(NCc2ccon2)c(Cl)c1. The molecule has 2 N–H and O–H groups in total. The minimum atomic E-state index is -1.07. The molecule has 88 valence electrons. The average molecular weight is 254 g/mol. The summed E-state index contributed by atoms with van der Waals surface area (Å²) in [4.78, 5) is 14.6. The molecule has 0 spiro atoms. The van der Waals surface area contributed by atoms with Crippen LogP contribution in [-0.2, 0) is 6.54 Å². The number of nitrogens with one attached hydrogen (secondary N) is 1. The Morgan fingerprint density at radius 1 is 1.59 bits per heavy atom. The number of carboxylic acid groups (broad SMARTS) is 1. The summed E-state index contributed by atoms with van der Waals surface area (Å²) in [6.07, 6.45) is 2.69. The molecule has 2 rings (SSSR count). The van der Waals surface area contributed by atoms with Crippen LogP contribution in [0.3, 0.4) is 0 Å². The molecular weight excluding hydrogens is 246 g/mol. The highest BCUT2D eigenvalue weighted by molar-refractivity contribution is 6.33. The number of hydrogen-bond donors (Lipinski definition) is 2. The number of rotatable bonds is 4. The van der Waals surface area contributed by atoms with Gasteiger partial charge >= 0.3 is 5.97 Å². The maximum absolute atomic E-state index is 10.7. The Balaban J connectivity index is 2.09. The van der Waals surface area contributed by atoms with Crippen molar-refractivity contribution in [2.45, 2.75) is 6.54 Å². The molecule has 0 saturated heterocycles. The highest BCUT2D eigenvalue weighted by Gasteiger charge is 2.08. The first-order chi connectivity index (χ1) is 8.16. The lowest BCUT2D eigenvalue weighted by Gasteiger charge is -2.05. The molecule has 2 heterocycles. The van der Waals surface area contributed by atoms with Crippen LogP contribution in [0.15, 0.2) is 29.1 Å². The predicted molar refractivity (Wildman–Crippen MR) is 60.0 cm³/mol. The Morgan fingerprint density at radius 2 is 2.41 bits per heavy atom. The van der Waals surface area contributed by atoms with Crippen molar-refractivity contribution in [3.63, 3.8) is 0 Å². The molecule has 0 fully saturated rings. The lowest BCUT2D eigenvalue weighted by atomic mass is 10.3. The van der Waals surface area contributed by atoms with Crippen molar-refractivity contribution in [1.29, 1.82) is 0 Å². The van der Waals surface area contributed by atoms with Crippen molar-refractivity contribution in [2.24, 2.45) is 0 Å². The third kappa shape index (κ3) is 2.73. The number of anilines is 1. The van der Waals surface area contributed by atoms with Crippen LogP contribution in [-0.4, -0.2) is 21.2 Å². The first kappa shape index (κ1) is 11.4. The van der Waals surface area contributed by atoms with Crippen molar-refractivity contribution in [3.05, 3.63) is 40.9 Å². The number of aromatic nitrogens is 2. The summed E-state index contributed by atoms with van der Waals surface area (Å²) in [5.74, 6) is -0.665. The van der Waals surface area contributed by atoms with Gasteiger partial charge in [0, 0.05) is 12.3 Å². The summed E-state index contributed by atoms with van der Waals surface area (Å²) in [7, 11) is 0. The van der Waals surface area contributed by atoms with Crippen LogP contribution < -0.4 is 5.32 Å². The van der Waals surface area contributed by atoms with E-state index in [0.29, 0.717) is 18.1 Å². The molecule has 6 nitrogen and oxygen atoms in total. The van der Waals surface area contributed by atoms with Gasteiger partial charge in [0.15, 0.2) is 0 Å². The van der Waals surface area contributed by atoms with Gasteiger partial charge in [-0.15, -0.1) is 0 Å². The molecule has 0 radical (unpaired) electrons. The lowest BCUT2D eigenvalue weighted by molar-refractivity contribution is 0.0696. The first-order valence-corrected chi connectivity index (χ1v) is 5.06. The summed E-state index contributed by atoms with van der Waals surface area (Å²) in [5.41, 5.74) is 0.743. The quantitative estimate of drug-likeness (QED) is 0.867. The molecule has 0 saturated carbocycles. The second-order valence-corrected chi connectivity index (χ2v) is 3.61. The van der Waals surface area contributed by atoms with Crippen molar-refractivity contribution in [2.75, 3.05) is 5.32 Å². The van der Waals surface area contributed by atoms with Gasteiger partial charge in [0.2, 0.25) is 0 Å². The number of aromatic carboxylic acids is 1. The van der Waals surface area contributed by atoms with Crippen LogP contribution in [0.2, 0.25) is 5.02 Å². The third-order valence-corrected chi connectivity index (χ3v) is 2.30. The fourth-order valence-electron chi connectivity index (χ4n) is 1.19. The van der Waals surface area contributed by atoms with Crippen LogP contribution in [0.5, 0.6) is 0 Å². The van der Waals surface area contributed by atoms with Crippen molar-refractivity contribution in [3.8, 4) is 0 Å². The van der Waals surface area contributed by atoms with Gasteiger partial charge in [-0.3, -0.25) is 0 Å². The van der Waals surface area contributed by atoms with E-state index < -0.39 is 5.97 Å².